The van der Waals surface area contributed by atoms with Gasteiger partial charge < -0.3 is 5.32 Å². The second-order valence-corrected chi connectivity index (χ2v) is 6.71. The lowest BCUT2D eigenvalue weighted by Gasteiger charge is -2.24. The molecule has 18 heavy (non-hydrogen) atoms. The largest absolute Gasteiger partial charge is 0.312 e. The average Bonchev–Trinajstić information content (AvgIpc) is 3.15. The van der Waals surface area contributed by atoms with Gasteiger partial charge in [0.05, 0.1) is 0 Å². The Labute approximate surface area is 114 Å². The number of aryl methyl sites for hydroxylation is 1. The Hall–Kier alpha value is -0.380. The predicted octanol–water partition coefficient (Wildman–Crippen LogP) is 2.88. The summed E-state index contributed by atoms with van der Waals surface area (Å²) < 4.78 is 0. The first-order valence-electron chi connectivity index (χ1n) is 7.38. The quantitative estimate of drug-likeness (QED) is 0.899. The highest BCUT2D eigenvalue weighted by Gasteiger charge is 2.33. The van der Waals surface area contributed by atoms with E-state index in [0.717, 1.165) is 12.0 Å². The molecule has 0 aromatic carbocycles. The second-order valence-electron chi connectivity index (χ2n) is 5.71. The summed E-state index contributed by atoms with van der Waals surface area (Å²) in [6.07, 6.45) is 5.38. The second kappa shape index (κ2) is 5.72. The van der Waals surface area contributed by atoms with Crippen molar-refractivity contribution in [2.24, 2.45) is 5.92 Å². The lowest BCUT2D eigenvalue weighted by atomic mass is 10.1. The summed E-state index contributed by atoms with van der Waals surface area (Å²) in [4.78, 5) is 4.27. The van der Waals surface area contributed by atoms with Crippen LogP contribution in [0, 0.1) is 5.92 Å². The van der Waals surface area contributed by atoms with E-state index in [1.54, 1.807) is 10.4 Å². The highest BCUT2D eigenvalue weighted by atomic mass is 32.1. The Morgan fingerprint density at radius 1 is 1.44 bits per heavy atom. The summed E-state index contributed by atoms with van der Waals surface area (Å²) >= 11 is 1.94. The van der Waals surface area contributed by atoms with Crippen LogP contribution in [0.1, 0.15) is 36.6 Å². The zero-order valence-corrected chi connectivity index (χ0v) is 12.1. The SMILES string of the molecule is CCc1ccsc1CN1CCCNC(C2CC2)C1. The molecule has 1 saturated heterocycles. The lowest BCUT2D eigenvalue weighted by molar-refractivity contribution is 0.252. The Kier molecular flexibility index (Phi) is 4.02. The molecule has 2 heterocycles. The molecule has 100 valence electrons. The van der Waals surface area contributed by atoms with E-state index in [-0.39, 0.29) is 0 Å². The van der Waals surface area contributed by atoms with Gasteiger partial charge in [-0.05, 0) is 61.7 Å². The first-order chi connectivity index (χ1) is 8.86. The highest BCUT2D eigenvalue weighted by molar-refractivity contribution is 7.10. The summed E-state index contributed by atoms with van der Waals surface area (Å²) in [6.45, 7) is 7.17. The van der Waals surface area contributed by atoms with Crippen LogP contribution in [-0.4, -0.2) is 30.6 Å². The minimum atomic E-state index is 0.762. The average molecular weight is 264 g/mol. The molecule has 1 atom stereocenters. The van der Waals surface area contributed by atoms with Crippen molar-refractivity contribution in [2.75, 3.05) is 19.6 Å². The summed E-state index contributed by atoms with van der Waals surface area (Å²) in [5, 5.41) is 6.00. The Morgan fingerprint density at radius 2 is 2.33 bits per heavy atom. The first kappa shape index (κ1) is 12.6. The molecule has 0 bridgehead atoms. The van der Waals surface area contributed by atoms with Crippen molar-refractivity contribution in [3.8, 4) is 0 Å². The van der Waals surface area contributed by atoms with Gasteiger partial charge in [-0.25, -0.2) is 0 Å². The molecular weight excluding hydrogens is 240 g/mol. The van der Waals surface area contributed by atoms with Gasteiger partial charge in [-0.2, -0.15) is 0 Å². The highest BCUT2D eigenvalue weighted by Crippen LogP contribution is 2.34. The molecule has 1 unspecified atom stereocenters. The Balaban J connectivity index is 1.63. The van der Waals surface area contributed by atoms with Gasteiger partial charge in [0.15, 0.2) is 0 Å². The monoisotopic (exact) mass is 264 g/mol. The predicted molar refractivity (Wildman–Crippen MR) is 78.1 cm³/mol. The maximum Gasteiger partial charge on any atom is 0.0331 e. The van der Waals surface area contributed by atoms with Crippen molar-refractivity contribution in [1.82, 2.24) is 10.2 Å². The van der Waals surface area contributed by atoms with E-state index in [1.807, 2.05) is 11.3 Å². The Bertz CT molecular complexity index is 384. The third-order valence-corrected chi connectivity index (χ3v) is 5.24. The van der Waals surface area contributed by atoms with Crippen LogP contribution >= 0.6 is 11.3 Å². The van der Waals surface area contributed by atoms with E-state index in [2.05, 4.69) is 28.6 Å². The topological polar surface area (TPSA) is 15.3 Å². The molecule has 1 aliphatic heterocycles. The molecule has 3 rings (SSSR count). The van der Waals surface area contributed by atoms with E-state index in [0.29, 0.717) is 0 Å². The summed E-state index contributed by atoms with van der Waals surface area (Å²) in [7, 11) is 0. The normalized spacial score (nSPS) is 26.2. The van der Waals surface area contributed by atoms with Gasteiger partial charge in [-0.1, -0.05) is 6.92 Å². The third kappa shape index (κ3) is 2.95. The molecule has 1 aliphatic carbocycles. The van der Waals surface area contributed by atoms with Crippen LogP contribution in [0.3, 0.4) is 0 Å². The summed E-state index contributed by atoms with van der Waals surface area (Å²) in [5.41, 5.74) is 1.56. The van der Waals surface area contributed by atoms with Crippen LogP contribution < -0.4 is 5.32 Å². The van der Waals surface area contributed by atoms with Crippen molar-refractivity contribution in [2.45, 2.75) is 45.2 Å². The molecule has 1 aromatic rings. The van der Waals surface area contributed by atoms with Gasteiger partial charge in [0.1, 0.15) is 0 Å². The van der Waals surface area contributed by atoms with Crippen LogP contribution in [0.15, 0.2) is 11.4 Å². The van der Waals surface area contributed by atoms with Crippen molar-refractivity contribution in [3.63, 3.8) is 0 Å². The van der Waals surface area contributed by atoms with E-state index < -0.39 is 0 Å². The van der Waals surface area contributed by atoms with Crippen LogP contribution in [0.4, 0.5) is 0 Å². The zero-order chi connectivity index (χ0) is 12.4. The van der Waals surface area contributed by atoms with E-state index in [9.17, 15) is 0 Å². The minimum absolute atomic E-state index is 0.762. The molecule has 2 aliphatic rings. The molecule has 3 heteroatoms. The number of hydrogen-bond donors (Lipinski definition) is 1. The molecule has 1 saturated carbocycles. The molecule has 0 spiro atoms. The van der Waals surface area contributed by atoms with E-state index >= 15 is 0 Å². The standard InChI is InChI=1S/C15H24N2S/c1-2-12-6-9-18-15(12)11-17-8-3-7-16-14(10-17)13-4-5-13/h6,9,13-14,16H,2-5,7-8,10-11H2,1H3. The zero-order valence-electron chi connectivity index (χ0n) is 11.3. The fourth-order valence-corrected chi connectivity index (χ4v) is 4.02. The molecule has 2 nitrogen and oxygen atoms in total. The number of nitrogens with one attached hydrogen (secondary N) is 1. The summed E-state index contributed by atoms with van der Waals surface area (Å²) in [5.74, 6) is 0.972. The van der Waals surface area contributed by atoms with E-state index in [4.69, 9.17) is 0 Å². The van der Waals surface area contributed by atoms with Gasteiger partial charge in [0, 0.05) is 24.0 Å². The van der Waals surface area contributed by atoms with Gasteiger partial charge >= 0.3 is 0 Å². The Morgan fingerprint density at radius 3 is 3.11 bits per heavy atom. The minimum Gasteiger partial charge on any atom is -0.312 e. The van der Waals surface area contributed by atoms with Crippen molar-refractivity contribution >= 4 is 11.3 Å². The van der Waals surface area contributed by atoms with Gasteiger partial charge in [-0.3, -0.25) is 4.90 Å². The fraction of sp³-hybridized carbons (Fsp3) is 0.733. The van der Waals surface area contributed by atoms with Crippen molar-refractivity contribution < 1.29 is 0 Å². The van der Waals surface area contributed by atoms with Gasteiger partial charge in [0.2, 0.25) is 0 Å². The number of nitrogens with zero attached hydrogens (tertiary/aromatic N) is 1. The molecule has 1 aromatic heterocycles. The van der Waals surface area contributed by atoms with Crippen LogP contribution in [0.25, 0.3) is 0 Å². The summed E-state index contributed by atoms with van der Waals surface area (Å²) in [6, 6.07) is 3.06. The van der Waals surface area contributed by atoms with Crippen LogP contribution in [0.5, 0.6) is 0 Å². The van der Waals surface area contributed by atoms with Crippen molar-refractivity contribution in [1.29, 1.82) is 0 Å². The fourth-order valence-electron chi connectivity index (χ4n) is 3.01. The van der Waals surface area contributed by atoms with E-state index in [1.165, 1.54) is 51.9 Å². The molecule has 0 amide bonds. The number of hydrogen-bond acceptors (Lipinski definition) is 3. The smallest absolute Gasteiger partial charge is 0.0331 e. The maximum absolute atomic E-state index is 3.74. The molecule has 2 fully saturated rings. The van der Waals surface area contributed by atoms with Crippen LogP contribution in [-0.2, 0) is 13.0 Å². The first-order valence-corrected chi connectivity index (χ1v) is 8.25. The number of rotatable bonds is 4. The van der Waals surface area contributed by atoms with Crippen molar-refractivity contribution in [3.05, 3.63) is 21.9 Å². The molecular formula is C15H24N2S. The van der Waals surface area contributed by atoms with Gasteiger partial charge in [0.25, 0.3) is 0 Å². The lowest BCUT2D eigenvalue weighted by Crippen LogP contribution is -2.38. The third-order valence-electron chi connectivity index (χ3n) is 4.29. The maximum atomic E-state index is 3.74. The number of thiophene rings is 1. The molecule has 0 radical (unpaired) electrons. The van der Waals surface area contributed by atoms with Gasteiger partial charge in [-0.15, -0.1) is 11.3 Å². The van der Waals surface area contributed by atoms with Crippen LogP contribution in [0.2, 0.25) is 0 Å². The molecule has 1 N–H and O–H groups in total.